The van der Waals surface area contributed by atoms with Gasteiger partial charge in [0.2, 0.25) is 0 Å². The Balaban J connectivity index is 2.49. The van der Waals surface area contributed by atoms with Gasteiger partial charge in [-0.2, -0.15) is 0 Å². The molecule has 0 saturated carbocycles. The number of carbonyl (C=O) groups excluding carboxylic acids is 1. The first kappa shape index (κ1) is 13.8. The van der Waals surface area contributed by atoms with Gasteiger partial charge in [-0.05, 0) is 34.5 Å². The second-order valence-corrected chi connectivity index (χ2v) is 4.42. The number of furan rings is 1. The molecule has 1 unspecified atom stereocenters. The minimum atomic E-state index is -0.896. The van der Waals surface area contributed by atoms with E-state index in [4.69, 9.17) is 9.52 Å². The molecule has 17 heavy (non-hydrogen) atoms. The number of aliphatic carboxylic acids is 1. The lowest BCUT2D eigenvalue weighted by atomic mass is 10.0. The number of hydrogen-bond acceptors (Lipinski definition) is 3. The van der Waals surface area contributed by atoms with Crippen molar-refractivity contribution in [2.24, 2.45) is 5.92 Å². The van der Waals surface area contributed by atoms with Crippen molar-refractivity contribution >= 4 is 27.8 Å². The number of amides is 1. The fourth-order valence-corrected chi connectivity index (χ4v) is 1.71. The Morgan fingerprint density at radius 2 is 2.24 bits per heavy atom. The molecule has 2 N–H and O–H groups in total. The van der Waals surface area contributed by atoms with Gasteiger partial charge in [-0.15, -0.1) is 0 Å². The Labute approximate surface area is 107 Å². The monoisotopic (exact) mass is 303 g/mol. The first-order valence-electron chi connectivity index (χ1n) is 5.31. The zero-order chi connectivity index (χ0) is 12.8. The molecule has 5 nitrogen and oxygen atoms in total. The van der Waals surface area contributed by atoms with Gasteiger partial charge >= 0.3 is 5.97 Å². The second-order valence-electron chi connectivity index (χ2n) is 3.64. The molecule has 0 radical (unpaired) electrons. The van der Waals surface area contributed by atoms with Gasteiger partial charge in [0.1, 0.15) is 0 Å². The lowest BCUT2D eigenvalue weighted by molar-refractivity contribution is -0.141. The molecule has 1 amide bonds. The average Bonchev–Trinajstić information content (AvgIpc) is 2.70. The Hall–Kier alpha value is -1.30. The molecule has 0 bridgehead atoms. The van der Waals surface area contributed by atoms with Crippen molar-refractivity contribution in [2.45, 2.75) is 19.8 Å². The van der Waals surface area contributed by atoms with Crippen LogP contribution in [-0.2, 0) is 4.79 Å². The van der Waals surface area contributed by atoms with E-state index in [-0.39, 0.29) is 12.3 Å². The number of carboxylic acids is 1. The van der Waals surface area contributed by atoms with E-state index in [0.717, 1.165) is 6.42 Å². The molecule has 1 atom stereocenters. The summed E-state index contributed by atoms with van der Waals surface area (Å²) < 4.78 is 5.52. The molecule has 1 rings (SSSR count). The SMILES string of the molecule is CCCC(CNC(=O)c1ccc(Br)o1)C(=O)O. The van der Waals surface area contributed by atoms with Crippen molar-refractivity contribution in [3.8, 4) is 0 Å². The predicted molar refractivity (Wildman–Crippen MR) is 64.8 cm³/mol. The van der Waals surface area contributed by atoms with E-state index in [1.165, 1.54) is 6.07 Å². The Morgan fingerprint density at radius 1 is 1.53 bits per heavy atom. The standard InChI is InChI=1S/C11H14BrNO4/c1-2-3-7(11(15)16)6-13-10(14)8-4-5-9(12)17-8/h4-5,7H,2-3,6H2,1H3,(H,13,14)(H,15,16). The molecule has 0 fully saturated rings. The van der Waals surface area contributed by atoms with Gasteiger partial charge in [0.25, 0.3) is 5.91 Å². The topological polar surface area (TPSA) is 79.5 Å². The molecule has 0 aliphatic rings. The number of nitrogens with one attached hydrogen (secondary N) is 1. The summed E-state index contributed by atoms with van der Waals surface area (Å²) in [6.45, 7) is 2.02. The van der Waals surface area contributed by atoms with Crippen LogP contribution in [0, 0.1) is 5.92 Å². The summed E-state index contributed by atoms with van der Waals surface area (Å²) in [6.07, 6.45) is 1.30. The van der Waals surface area contributed by atoms with Crippen molar-refractivity contribution in [1.29, 1.82) is 0 Å². The maximum absolute atomic E-state index is 11.6. The zero-order valence-corrected chi connectivity index (χ0v) is 11.0. The van der Waals surface area contributed by atoms with Crippen LogP contribution < -0.4 is 5.32 Å². The van der Waals surface area contributed by atoms with Gasteiger partial charge in [-0.3, -0.25) is 9.59 Å². The molecule has 1 heterocycles. The van der Waals surface area contributed by atoms with Crippen molar-refractivity contribution in [3.63, 3.8) is 0 Å². The van der Waals surface area contributed by atoms with Crippen LogP contribution in [0.1, 0.15) is 30.3 Å². The van der Waals surface area contributed by atoms with Gasteiger partial charge in [-0.1, -0.05) is 13.3 Å². The minimum Gasteiger partial charge on any atom is -0.481 e. The third kappa shape index (κ3) is 4.22. The molecular formula is C11H14BrNO4. The van der Waals surface area contributed by atoms with Crippen LogP contribution in [0.4, 0.5) is 0 Å². The molecule has 0 saturated heterocycles. The third-order valence-electron chi connectivity index (χ3n) is 2.29. The maximum atomic E-state index is 11.6. The summed E-state index contributed by atoms with van der Waals surface area (Å²) in [5.41, 5.74) is 0. The predicted octanol–water partition coefficient (Wildman–Crippen LogP) is 2.27. The van der Waals surface area contributed by atoms with E-state index in [1.54, 1.807) is 6.07 Å². The van der Waals surface area contributed by atoms with Crippen molar-refractivity contribution < 1.29 is 19.1 Å². The molecule has 6 heteroatoms. The van der Waals surface area contributed by atoms with Crippen LogP contribution in [0.3, 0.4) is 0 Å². The van der Waals surface area contributed by atoms with E-state index >= 15 is 0 Å². The van der Waals surface area contributed by atoms with Gasteiger partial charge in [-0.25, -0.2) is 0 Å². The third-order valence-corrected chi connectivity index (χ3v) is 2.72. The van der Waals surface area contributed by atoms with Gasteiger partial charge in [0, 0.05) is 6.54 Å². The first-order valence-corrected chi connectivity index (χ1v) is 6.10. The van der Waals surface area contributed by atoms with E-state index in [9.17, 15) is 9.59 Å². The highest BCUT2D eigenvalue weighted by molar-refractivity contribution is 9.10. The quantitative estimate of drug-likeness (QED) is 0.845. The van der Waals surface area contributed by atoms with Crippen LogP contribution in [0.25, 0.3) is 0 Å². The lowest BCUT2D eigenvalue weighted by Gasteiger charge is -2.11. The van der Waals surface area contributed by atoms with Crippen LogP contribution in [0.5, 0.6) is 0 Å². The van der Waals surface area contributed by atoms with Crippen molar-refractivity contribution in [1.82, 2.24) is 5.32 Å². The number of halogens is 1. The van der Waals surface area contributed by atoms with Gasteiger partial charge in [0.15, 0.2) is 10.4 Å². The smallest absolute Gasteiger partial charge is 0.308 e. The van der Waals surface area contributed by atoms with E-state index in [2.05, 4.69) is 21.2 Å². The molecule has 0 aliphatic carbocycles. The maximum Gasteiger partial charge on any atom is 0.308 e. The fraction of sp³-hybridized carbons (Fsp3) is 0.455. The van der Waals surface area contributed by atoms with Gasteiger partial charge in [0.05, 0.1) is 5.92 Å². The summed E-state index contributed by atoms with van der Waals surface area (Å²) in [6, 6.07) is 3.13. The number of carbonyl (C=O) groups is 2. The summed E-state index contributed by atoms with van der Waals surface area (Å²) in [4.78, 5) is 22.4. The number of rotatable bonds is 6. The van der Waals surface area contributed by atoms with Crippen LogP contribution in [0.15, 0.2) is 21.2 Å². The highest BCUT2D eigenvalue weighted by Crippen LogP contribution is 2.14. The molecule has 1 aromatic rings. The fourth-order valence-electron chi connectivity index (χ4n) is 1.40. The minimum absolute atomic E-state index is 0.111. The van der Waals surface area contributed by atoms with E-state index in [1.807, 2.05) is 6.92 Å². The number of hydrogen-bond donors (Lipinski definition) is 2. The molecular weight excluding hydrogens is 290 g/mol. The van der Waals surface area contributed by atoms with Crippen LogP contribution in [0.2, 0.25) is 0 Å². The van der Waals surface area contributed by atoms with E-state index < -0.39 is 17.8 Å². The average molecular weight is 304 g/mol. The molecule has 0 aromatic carbocycles. The Bertz CT molecular complexity index is 402. The largest absolute Gasteiger partial charge is 0.481 e. The summed E-state index contributed by atoms with van der Waals surface area (Å²) in [5.74, 6) is -1.69. The molecule has 1 aromatic heterocycles. The summed E-state index contributed by atoms with van der Waals surface area (Å²) >= 11 is 3.09. The summed E-state index contributed by atoms with van der Waals surface area (Å²) in [5, 5.41) is 11.5. The molecule has 0 aliphatic heterocycles. The zero-order valence-electron chi connectivity index (χ0n) is 9.40. The highest BCUT2D eigenvalue weighted by atomic mass is 79.9. The van der Waals surface area contributed by atoms with Crippen molar-refractivity contribution in [2.75, 3.05) is 6.54 Å². The van der Waals surface area contributed by atoms with Crippen LogP contribution >= 0.6 is 15.9 Å². The lowest BCUT2D eigenvalue weighted by Crippen LogP contribution is -2.32. The molecule has 94 valence electrons. The molecule has 0 spiro atoms. The van der Waals surface area contributed by atoms with Crippen LogP contribution in [-0.4, -0.2) is 23.5 Å². The summed E-state index contributed by atoms with van der Waals surface area (Å²) in [7, 11) is 0. The van der Waals surface area contributed by atoms with Crippen molar-refractivity contribution in [3.05, 3.63) is 22.6 Å². The van der Waals surface area contributed by atoms with Gasteiger partial charge < -0.3 is 14.8 Å². The number of carboxylic acid groups (broad SMARTS) is 1. The Kier molecular flexibility index (Phi) is 5.21. The van der Waals surface area contributed by atoms with E-state index in [0.29, 0.717) is 11.1 Å². The Morgan fingerprint density at radius 3 is 2.71 bits per heavy atom. The second kappa shape index (κ2) is 6.44. The highest BCUT2D eigenvalue weighted by Gasteiger charge is 2.18. The normalized spacial score (nSPS) is 12.1. The first-order chi connectivity index (χ1) is 8.04.